The minimum Gasteiger partial charge on any atom is -0.459 e. The molecular weight excluding hydrogens is 233 g/mol. The highest BCUT2D eigenvalue weighted by atomic mass is 19.1. The van der Waals surface area contributed by atoms with Crippen molar-refractivity contribution >= 4 is 5.97 Å². The molecule has 0 saturated carbocycles. The number of nitrogens with one attached hydrogen (secondary N) is 1. The molecule has 1 heterocycles. The summed E-state index contributed by atoms with van der Waals surface area (Å²) in [6.45, 7) is 5.96. The zero-order chi connectivity index (χ0) is 13.3. The van der Waals surface area contributed by atoms with Gasteiger partial charge in [0.25, 0.3) is 0 Å². The molecule has 18 heavy (non-hydrogen) atoms. The lowest BCUT2D eigenvalue weighted by atomic mass is 9.95. The van der Waals surface area contributed by atoms with Crippen LogP contribution < -0.4 is 5.32 Å². The summed E-state index contributed by atoms with van der Waals surface area (Å²) in [7, 11) is 0. The van der Waals surface area contributed by atoms with Crippen LogP contribution >= 0.6 is 0 Å². The van der Waals surface area contributed by atoms with Crippen LogP contribution in [0.25, 0.3) is 0 Å². The van der Waals surface area contributed by atoms with Crippen molar-refractivity contribution in [2.45, 2.75) is 45.4 Å². The molecule has 1 aromatic rings. The predicted octanol–water partition coefficient (Wildman–Crippen LogP) is 2.18. The van der Waals surface area contributed by atoms with Crippen LogP contribution in [0.2, 0.25) is 0 Å². The maximum Gasteiger partial charge on any atom is 0.324 e. The van der Waals surface area contributed by atoms with Gasteiger partial charge < -0.3 is 10.1 Å². The van der Waals surface area contributed by atoms with E-state index in [1.165, 1.54) is 6.07 Å². The van der Waals surface area contributed by atoms with Gasteiger partial charge in [-0.15, -0.1) is 0 Å². The fraction of sp³-hybridized carbons (Fsp3) is 0.500. The Hall–Kier alpha value is -1.42. The Labute approximate surface area is 106 Å². The van der Waals surface area contributed by atoms with Crippen LogP contribution in [0.4, 0.5) is 4.39 Å². The molecule has 0 aromatic heterocycles. The summed E-state index contributed by atoms with van der Waals surface area (Å²) in [5, 5.41) is 3.08. The minimum atomic E-state index is -0.520. The van der Waals surface area contributed by atoms with Crippen molar-refractivity contribution in [3.63, 3.8) is 0 Å². The number of ether oxygens (including phenoxy) is 1. The normalized spacial score (nSPS) is 19.2. The van der Waals surface area contributed by atoms with E-state index in [1.807, 2.05) is 26.8 Å². The zero-order valence-electron chi connectivity index (χ0n) is 10.9. The van der Waals surface area contributed by atoms with Gasteiger partial charge in [-0.1, -0.05) is 12.1 Å². The number of carbonyl (C=O) groups excluding carboxylic acids is 1. The van der Waals surface area contributed by atoms with Crippen LogP contribution in [-0.2, 0) is 22.5 Å². The van der Waals surface area contributed by atoms with Gasteiger partial charge in [-0.05, 0) is 38.0 Å². The summed E-state index contributed by atoms with van der Waals surface area (Å²) in [6.07, 6.45) is 0.344. The third kappa shape index (κ3) is 2.88. The van der Waals surface area contributed by atoms with Crippen molar-refractivity contribution in [2.75, 3.05) is 0 Å². The molecular formula is C14H18FNO2. The van der Waals surface area contributed by atoms with Crippen LogP contribution in [0, 0.1) is 5.82 Å². The maximum atomic E-state index is 13.7. The van der Waals surface area contributed by atoms with E-state index in [1.54, 1.807) is 6.07 Å². The molecule has 0 radical (unpaired) electrons. The van der Waals surface area contributed by atoms with E-state index in [0.29, 0.717) is 18.5 Å². The largest absolute Gasteiger partial charge is 0.459 e. The lowest BCUT2D eigenvalue weighted by Gasteiger charge is -2.28. The van der Waals surface area contributed by atoms with Gasteiger partial charge in [-0.3, -0.25) is 4.79 Å². The molecule has 0 spiro atoms. The van der Waals surface area contributed by atoms with E-state index >= 15 is 0 Å². The lowest BCUT2D eigenvalue weighted by Crippen LogP contribution is -2.45. The van der Waals surface area contributed by atoms with Crippen molar-refractivity contribution in [2.24, 2.45) is 0 Å². The average molecular weight is 251 g/mol. The van der Waals surface area contributed by atoms with Crippen molar-refractivity contribution in [1.82, 2.24) is 5.32 Å². The molecule has 0 amide bonds. The van der Waals surface area contributed by atoms with E-state index in [-0.39, 0.29) is 11.8 Å². The first-order chi connectivity index (χ1) is 8.37. The fourth-order valence-electron chi connectivity index (χ4n) is 2.05. The van der Waals surface area contributed by atoms with Crippen LogP contribution in [-0.4, -0.2) is 17.6 Å². The Kier molecular flexibility index (Phi) is 3.39. The predicted molar refractivity (Wildman–Crippen MR) is 66.6 cm³/mol. The van der Waals surface area contributed by atoms with Crippen LogP contribution in [0.3, 0.4) is 0 Å². The van der Waals surface area contributed by atoms with Gasteiger partial charge in [-0.2, -0.15) is 0 Å². The molecule has 0 aliphatic carbocycles. The maximum absolute atomic E-state index is 13.7. The molecule has 2 rings (SSSR count). The summed E-state index contributed by atoms with van der Waals surface area (Å²) >= 11 is 0. The Balaban J connectivity index is 2.12. The highest BCUT2D eigenvalue weighted by molar-refractivity contribution is 5.77. The van der Waals surface area contributed by atoms with Gasteiger partial charge in [0.2, 0.25) is 0 Å². The van der Waals surface area contributed by atoms with Gasteiger partial charge in [-0.25, -0.2) is 4.39 Å². The average Bonchev–Trinajstić information content (AvgIpc) is 2.27. The smallest absolute Gasteiger partial charge is 0.324 e. The molecule has 1 aromatic carbocycles. The molecule has 3 nitrogen and oxygen atoms in total. The van der Waals surface area contributed by atoms with Gasteiger partial charge >= 0.3 is 5.97 Å². The Morgan fingerprint density at radius 3 is 2.83 bits per heavy atom. The van der Waals surface area contributed by atoms with Gasteiger partial charge in [0.05, 0.1) is 0 Å². The van der Waals surface area contributed by atoms with Crippen LogP contribution in [0.15, 0.2) is 18.2 Å². The number of hydrogen-bond acceptors (Lipinski definition) is 3. The Morgan fingerprint density at radius 1 is 1.44 bits per heavy atom. The molecule has 0 saturated heterocycles. The number of rotatable bonds is 1. The second-order valence-corrected chi connectivity index (χ2v) is 5.55. The molecule has 1 N–H and O–H groups in total. The lowest BCUT2D eigenvalue weighted by molar-refractivity contribution is -0.157. The van der Waals surface area contributed by atoms with E-state index in [4.69, 9.17) is 4.74 Å². The quantitative estimate of drug-likeness (QED) is 0.777. The second kappa shape index (κ2) is 4.69. The van der Waals surface area contributed by atoms with E-state index in [9.17, 15) is 9.18 Å². The minimum absolute atomic E-state index is 0.248. The van der Waals surface area contributed by atoms with Crippen LogP contribution in [0.1, 0.15) is 31.9 Å². The first kappa shape index (κ1) is 13.0. The van der Waals surface area contributed by atoms with Crippen molar-refractivity contribution < 1.29 is 13.9 Å². The zero-order valence-corrected chi connectivity index (χ0v) is 10.9. The van der Waals surface area contributed by atoms with Crippen molar-refractivity contribution in [3.05, 3.63) is 35.1 Å². The third-order valence-electron chi connectivity index (χ3n) is 2.85. The molecule has 1 aliphatic heterocycles. The Morgan fingerprint density at radius 2 is 2.17 bits per heavy atom. The van der Waals surface area contributed by atoms with Gasteiger partial charge in [0, 0.05) is 13.0 Å². The summed E-state index contributed by atoms with van der Waals surface area (Å²) in [5.74, 6) is -0.570. The summed E-state index contributed by atoms with van der Waals surface area (Å²) < 4.78 is 19.0. The van der Waals surface area contributed by atoms with Gasteiger partial charge in [0.1, 0.15) is 17.5 Å². The number of hydrogen-bond donors (Lipinski definition) is 1. The highest BCUT2D eigenvalue weighted by Gasteiger charge is 2.29. The fourth-order valence-corrected chi connectivity index (χ4v) is 2.05. The molecule has 98 valence electrons. The SMILES string of the molecule is CC(C)(C)OC(=O)C1Cc2c(F)cccc2CN1. The van der Waals surface area contributed by atoms with Crippen molar-refractivity contribution in [3.8, 4) is 0 Å². The molecule has 4 heteroatoms. The third-order valence-corrected chi connectivity index (χ3v) is 2.85. The monoisotopic (exact) mass is 251 g/mol. The van der Waals surface area contributed by atoms with Crippen molar-refractivity contribution in [1.29, 1.82) is 0 Å². The molecule has 1 aliphatic rings. The summed E-state index contributed by atoms with van der Waals surface area (Å²) in [5.41, 5.74) is 1.01. The topological polar surface area (TPSA) is 38.3 Å². The second-order valence-electron chi connectivity index (χ2n) is 5.55. The first-order valence-corrected chi connectivity index (χ1v) is 6.09. The highest BCUT2D eigenvalue weighted by Crippen LogP contribution is 2.21. The van der Waals surface area contributed by atoms with E-state index in [2.05, 4.69) is 5.32 Å². The number of carbonyl (C=O) groups is 1. The summed E-state index contributed by atoms with van der Waals surface area (Å²) in [6, 6.07) is 4.52. The standard InChI is InChI=1S/C14H18FNO2/c1-14(2,3)18-13(17)12-7-10-9(8-16-12)5-4-6-11(10)15/h4-6,12,16H,7-8H2,1-3H3. The molecule has 1 unspecified atom stereocenters. The van der Waals surface area contributed by atoms with Gasteiger partial charge in [0.15, 0.2) is 0 Å². The summed E-state index contributed by atoms with van der Waals surface area (Å²) in [4.78, 5) is 11.9. The number of esters is 1. The first-order valence-electron chi connectivity index (χ1n) is 6.09. The number of halogens is 1. The van der Waals surface area contributed by atoms with Crippen LogP contribution in [0.5, 0.6) is 0 Å². The van der Waals surface area contributed by atoms with E-state index in [0.717, 1.165) is 5.56 Å². The molecule has 0 bridgehead atoms. The number of benzene rings is 1. The Bertz CT molecular complexity index is 465. The number of fused-ring (bicyclic) bond motifs is 1. The molecule has 0 fully saturated rings. The molecule has 1 atom stereocenters. The van der Waals surface area contributed by atoms with E-state index < -0.39 is 11.6 Å².